The number of carbonyl (C=O) groups excluding carboxylic acids is 1. The highest BCUT2D eigenvalue weighted by atomic mass is 79.9. The number of halogens is 1. The van der Waals surface area contributed by atoms with Crippen molar-refractivity contribution in [3.8, 4) is 5.75 Å². The summed E-state index contributed by atoms with van der Waals surface area (Å²) in [6, 6.07) is 7.31. The number of benzene rings is 1. The molecule has 104 valence electrons. The monoisotopic (exact) mass is 329 g/mol. The van der Waals surface area contributed by atoms with Crippen LogP contribution in [0.1, 0.15) is 5.56 Å². The summed E-state index contributed by atoms with van der Waals surface area (Å²) in [5, 5.41) is 1.22. The third-order valence-electron chi connectivity index (χ3n) is 2.40. The minimum Gasteiger partial charge on any atom is -0.497 e. The van der Waals surface area contributed by atoms with Crippen LogP contribution in [-0.2, 0) is 16.1 Å². The minimum atomic E-state index is -0.606. The van der Waals surface area contributed by atoms with Crippen molar-refractivity contribution in [2.75, 3.05) is 14.2 Å². The number of hydrogen-bond acceptors (Lipinski definition) is 6. The van der Waals surface area contributed by atoms with Gasteiger partial charge < -0.3 is 15.2 Å². The van der Waals surface area contributed by atoms with Gasteiger partial charge in [0.15, 0.2) is 5.70 Å². The molecule has 4 N–H and O–H groups in total. The van der Waals surface area contributed by atoms with Crippen molar-refractivity contribution in [3.63, 3.8) is 0 Å². The van der Waals surface area contributed by atoms with E-state index in [0.717, 1.165) is 11.3 Å². The summed E-state index contributed by atoms with van der Waals surface area (Å²) in [4.78, 5) is 11.6. The van der Waals surface area contributed by atoms with Crippen molar-refractivity contribution in [1.82, 2.24) is 5.01 Å². The Bertz CT molecular complexity index is 470. The second-order valence-corrected chi connectivity index (χ2v) is 4.52. The van der Waals surface area contributed by atoms with Crippen molar-refractivity contribution >= 4 is 21.9 Å². The van der Waals surface area contributed by atoms with Crippen molar-refractivity contribution < 1.29 is 14.3 Å². The van der Waals surface area contributed by atoms with Crippen molar-refractivity contribution in [2.45, 2.75) is 6.54 Å². The highest BCUT2D eigenvalue weighted by molar-refractivity contribution is 9.11. The molecular formula is C12H16BrN3O3. The van der Waals surface area contributed by atoms with Gasteiger partial charge in [0.1, 0.15) is 10.4 Å². The first-order valence-corrected chi connectivity index (χ1v) is 6.17. The van der Waals surface area contributed by atoms with Gasteiger partial charge in [-0.3, -0.25) is 5.01 Å². The Balaban J connectivity index is 2.85. The highest BCUT2D eigenvalue weighted by Gasteiger charge is 2.19. The smallest absolute Gasteiger partial charge is 0.358 e. The van der Waals surface area contributed by atoms with Gasteiger partial charge in [-0.25, -0.2) is 10.6 Å². The zero-order valence-corrected chi connectivity index (χ0v) is 12.3. The third-order valence-corrected chi connectivity index (χ3v) is 2.78. The van der Waals surface area contributed by atoms with Gasteiger partial charge >= 0.3 is 5.97 Å². The quantitative estimate of drug-likeness (QED) is 0.276. The highest BCUT2D eigenvalue weighted by Crippen LogP contribution is 2.16. The molecule has 1 aromatic carbocycles. The molecule has 19 heavy (non-hydrogen) atoms. The van der Waals surface area contributed by atoms with Gasteiger partial charge in [0.25, 0.3) is 0 Å². The van der Waals surface area contributed by atoms with E-state index in [4.69, 9.17) is 16.3 Å². The van der Waals surface area contributed by atoms with Crippen LogP contribution in [0.2, 0.25) is 0 Å². The van der Waals surface area contributed by atoms with Crippen LogP contribution in [-0.4, -0.2) is 25.2 Å². The lowest BCUT2D eigenvalue weighted by Gasteiger charge is -2.20. The van der Waals surface area contributed by atoms with Gasteiger partial charge in [-0.1, -0.05) is 12.1 Å². The molecule has 0 atom stereocenters. The van der Waals surface area contributed by atoms with E-state index in [1.54, 1.807) is 7.11 Å². The lowest BCUT2D eigenvalue weighted by molar-refractivity contribution is -0.138. The Morgan fingerprint density at radius 1 is 1.32 bits per heavy atom. The number of esters is 1. The number of rotatable bonds is 5. The Kier molecular flexibility index (Phi) is 5.65. The number of hydrazine groups is 1. The van der Waals surface area contributed by atoms with E-state index in [0.29, 0.717) is 6.54 Å². The van der Waals surface area contributed by atoms with Crippen molar-refractivity contribution in [3.05, 3.63) is 40.1 Å². The number of carbonyl (C=O) groups is 1. The van der Waals surface area contributed by atoms with Crippen LogP contribution in [0.4, 0.5) is 0 Å². The molecule has 0 aromatic heterocycles. The summed E-state index contributed by atoms with van der Waals surface area (Å²) in [5.74, 6) is 5.97. The molecule has 0 heterocycles. The molecule has 0 aliphatic rings. The second kappa shape index (κ2) is 7.01. The Labute approximate surface area is 120 Å². The Morgan fingerprint density at radius 2 is 1.89 bits per heavy atom. The van der Waals surface area contributed by atoms with Crippen LogP contribution in [0.5, 0.6) is 5.75 Å². The standard InChI is InChI=1S/C12H16BrN3O3/c1-18-9-5-3-8(4-6-9)7-16(15)10(11(13)14)12(17)19-2/h3-6H,7,14-15H2,1-2H3/b11-10-. The maximum Gasteiger partial charge on any atom is 0.358 e. The number of methoxy groups -OCH3 is 2. The van der Waals surface area contributed by atoms with E-state index in [1.165, 1.54) is 12.1 Å². The maximum atomic E-state index is 11.6. The molecule has 0 amide bonds. The van der Waals surface area contributed by atoms with Crippen LogP contribution in [0.3, 0.4) is 0 Å². The summed E-state index contributed by atoms with van der Waals surface area (Å²) in [6.45, 7) is 0.306. The fourth-order valence-corrected chi connectivity index (χ4v) is 1.84. The molecule has 6 nitrogen and oxygen atoms in total. The van der Waals surface area contributed by atoms with Gasteiger partial charge in [0.2, 0.25) is 0 Å². The Morgan fingerprint density at radius 3 is 2.32 bits per heavy atom. The first-order chi connectivity index (χ1) is 8.99. The normalized spacial score (nSPS) is 11.6. The molecule has 0 radical (unpaired) electrons. The predicted molar refractivity (Wildman–Crippen MR) is 74.9 cm³/mol. The van der Waals surface area contributed by atoms with Gasteiger partial charge in [-0.2, -0.15) is 0 Å². The van der Waals surface area contributed by atoms with Crippen molar-refractivity contribution in [2.24, 2.45) is 11.6 Å². The van der Waals surface area contributed by atoms with E-state index in [1.807, 2.05) is 24.3 Å². The van der Waals surface area contributed by atoms with Crippen LogP contribution < -0.4 is 16.3 Å². The molecule has 7 heteroatoms. The zero-order chi connectivity index (χ0) is 14.4. The molecule has 0 bridgehead atoms. The number of ether oxygens (including phenoxy) is 2. The van der Waals surface area contributed by atoms with Crippen molar-refractivity contribution in [1.29, 1.82) is 0 Å². The largest absolute Gasteiger partial charge is 0.497 e. The molecule has 0 fully saturated rings. The SMILES string of the molecule is COC(=O)/C(=C(/N)Br)N(N)Cc1ccc(OC)cc1. The van der Waals surface area contributed by atoms with Gasteiger partial charge in [0, 0.05) is 0 Å². The van der Waals surface area contributed by atoms with Gasteiger partial charge in [-0.15, -0.1) is 0 Å². The first-order valence-electron chi connectivity index (χ1n) is 5.38. The molecule has 0 unspecified atom stereocenters. The van der Waals surface area contributed by atoms with E-state index >= 15 is 0 Å². The van der Waals surface area contributed by atoms with E-state index < -0.39 is 5.97 Å². The number of nitrogens with zero attached hydrogens (tertiary/aromatic N) is 1. The maximum absolute atomic E-state index is 11.6. The van der Waals surface area contributed by atoms with E-state index in [9.17, 15) is 4.79 Å². The summed E-state index contributed by atoms with van der Waals surface area (Å²) in [5.41, 5.74) is 6.54. The predicted octanol–water partition coefficient (Wildman–Crippen LogP) is 1.07. The second-order valence-electron chi connectivity index (χ2n) is 3.66. The molecule has 1 rings (SSSR count). The number of nitrogens with two attached hydrogens (primary N) is 2. The first kappa shape index (κ1) is 15.3. The molecule has 0 spiro atoms. The van der Waals surface area contributed by atoms with Crippen LogP contribution in [0.25, 0.3) is 0 Å². The summed E-state index contributed by atoms with van der Waals surface area (Å²) < 4.78 is 9.80. The topological polar surface area (TPSA) is 90.8 Å². The molecule has 0 aliphatic carbocycles. The zero-order valence-electron chi connectivity index (χ0n) is 10.7. The van der Waals surface area contributed by atoms with Crippen LogP contribution >= 0.6 is 15.9 Å². The molecule has 1 aromatic rings. The third kappa shape index (κ3) is 4.15. The molecular weight excluding hydrogens is 314 g/mol. The molecule has 0 saturated heterocycles. The molecule has 0 saturated carbocycles. The molecule has 0 aliphatic heterocycles. The number of hydrogen-bond donors (Lipinski definition) is 2. The summed E-state index contributed by atoms with van der Waals surface area (Å²) in [6.07, 6.45) is 0. The van der Waals surface area contributed by atoms with Gasteiger partial charge in [0.05, 0.1) is 20.8 Å². The summed E-state index contributed by atoms with van der Waals surface area (Å²) in [7, 11) is 2.85. The van der Waals surface area contributed by atoms with Crippen LogP contribution in [0, 0.1) is 0 Å². The summed E-state index contributed by atoms with van der Waals surface area (Å²) >= 11 is 3.03. The Hall–Kier alpha value is -1.73. The lowest BCUT2D eigenvalue weighted by atomic mass is 10.2. The van der Waals surface area contributed by atoms with Crippen LogP contribution in [0.15, 0.2) is 34.6 Å². The van der Waals surface area contributed by atoms with E-state index in [-0.39, 0.29) is 10.3 Å². The average Bonchev–Trinajstić information content (AvgIpc) is 2.39. The average molecular weight is 330 g/mol. The minimum absolute atomic E-state index is 0.0679. The van der Waals surface area contributed by atoms with E-state index in [2.05, 4.69) is 20.7 Å². The van der Waals surface area contributed by atoms with Gasteiger partial charge in [-0.05, 0) is 33.6 Å². The lowest BCUT2D eigenvalue weighted by Crippen LogP contribution is -2.35. The fourth-order valence-electron chi connectivity index (χ4n) is 1.46. The fraction of sp³-hybridized carbons (Fsp3) is 0.250.